The molecule has 0 aromatic heterocycles. The van der Waals surface area contributed by atoms with Crippen molar-refractivity contribution in [3.8, 4) is 0 Å². The fourth-order valence-electron chi connectivity index (χ4n) is 3.75. The Kier molecular flexibility index (Phi) is 15.6. The SMILES string of the molecule is CCCCCCCCCCCC[P+](CC)(CC)Cc1ccccc1.[OH-]. The largest absolute Gasteiger partial charge is 0.870 e. The van der Waals surface area contributed by atoms with E-state index in [9.17, 15) is 0 Å². The molecule has 1 nitrogen and oxygen atoms in total. The third kappa shape index (κ3) is 11.0. The van der Waals surface area contributed by atoms with E-state index in [1.54, 1.807) is 5.56 Å². The second kappa shape index (κ2) is 15.8. The van der Waals surface area contributed by atoms with Crippen molar-refractivity contribution < 1.29 is 5.48 Å². The summed E-state index contributed by atoms with van der Waals surface area (Å²) >= 11 is 0. The van der Waals surface area contributed by atoms with E-state index in [-0.39, 0.29) is 5.48 Å². The molecule has 0 bridgehead atoms. The summed E-state index contributed by atoms with van der Waals surface area (Å²) in [7, 11) is -0.754. The van der Waals surface area contributed by atoms with Gasteiger partial charge < -0.3 is 5.48 Å². The lowest BCUT2D eigenvalue weighted by molar-refractivity contribution is 0.562. The third-order valence-corrected chi connectivity index (χ3v) is 10.7. The zero-order chi connectivity index (χ0) is 17.5. The topological polar surface area (TPSA) is 30.0 Å². The maximum absolute atomic E-state index is 2.44. The minimum absolute atomic E-state index is 0. The van der Waals surface area contributed by atoms with Crippen LogP contribution in [0.5, 0.6) is 0 Å². The molecule has 0 aliphatic rings. The van der Waals surface area contributed by atoms with Crippen molar-refractivity contribution in [1.29, 1.82) is 0 Å². The summed E-state index contributed by atoms with van der Waals surface area (Å²) in [5.74, 6) is 0. The van der Waals surface area contributed by atoms with Crippen molar-refractivity contribution in [3.63, 3.8) is 0 Å². The molecular weight excluding hydrogens is 323 g/mol. The highest BCUT2D eigenvalue weighted by atomic mass is 31.2. The Morgan fingerprint density at radius 1 is 0.640 bits per heavy atom. The van der Waals surface area contributed by atoms with Crippen molar-refractivity contribution in [1.82, 2.24) is 0 Å². The minimum atomic E-state index is -0.754. The van der Waals surface area contributed by atoms with Crippen LogP contribution in [0.15, 0.2) is 30.3 Å². The number of hydrogen-bond acceptors (Lipinski definition) is 1. The van der Waals surface area contributed by atoms with E-state index in [4.69, 9.17) is 0 Å². The summed E-state index contributed by atoms with van der Waals surface area (Å²) in [5.41, 5.74) is 1.57. The quantitative estimate of drug-likeness (QED) is 0.228. The maximum Gasteiger partial charge on any atom is 0.0842 e. The second-order valence-corrected chi connectivity index (χ2v) is 12.2. The molecule has 0 aliphatic heterocycles. The summed E-state index contributed by atoms with van der Waals surface area (Å²) in [6, 6.07) is 11.2. The van der Waals surface area contributed by atoms with Crippen LogP contribution < -0.4 is 0 Å². The van der Waals surface area contributed by atoms with Gasteiger partial charge in [0.25, 0.3) is 0 Å². The molecule has 0 fully saturated rings. The van der Waals surface area contributed by atoms with Crippen LogP contribution in [-0.4, -0.2) is 24.0 Å². The smallest absolute Gasteiger partial charge is 0.0842 e. The van der Waals surface area contributed by atoms with Crippen LogP contribution in [0.3, 0.4) is 0 Å². The van der Waals surface area contributed by atoms with Gasteiger partial charge in [0, 0.05) is 7.26 Å². The molecule has 0 spiro atoms. The molecule has 0 saturated heterocycles. The second-order valence-electron chi connectivity index (χ2n) is 7.52. The van der Waals surface area contributed by atoms with Crippen LogP contribution in [0, 0.1) is 0 Å². The lowest BCUT2D eigenvalue weighted by Crippen LogP contribution is -2.08. The maximum atomic E-state index is 2.44. The Bertz CT molecular complexity index is 386. The predicted molar refractivity (Wildman–Crippen MR) is 117 cm³/mol. The first-order valence-electron chi connectivity index (χ1n) is 10.7. The summed E-state index contributed by atoms with van der Waals surface area (Å²) < 4.78 is 0. The third-order valence-electron chi connectivity index (χ3n) is 5.69. The Labute approximate surface area is 158 Å². The molecule has 146 valence electrons. The van der Waals surface area contributed by atoms with Crippen LogP contribution in [0.4, 0.5) is 0 Å². The molecule has 1 aromatic carbocycles. The van der Waals surface area contributed by atoms with E-state index in [0.717, 1.165) is 0 Å². The Hall–Kier alpha value is -0.390. The highest BCUT2D eigenvalue weighted by molar-refractivity contribution is 7.75. The first-order chi connectivity index (χ1) is 11.8. The van der Waals surface area contributed by atoms with E-state index in [0.29, 0.717) is 0 Å². The van der Waals surface area contributed by atoms with E-state index in [1.807, 2.05) is 0 Å². The van der Waals surface area contributed by atoms with Gasteiger partial charge in [0.2, 0.25) is 0 Å². The molecule has 0 aliphatic carbocycles. The molecular formula is C23H43OP. The van der Waals surface area contributed by atoms with Gasteiger partial charge in [-0.3, -0.25) is 0 Å². The lowest BCUT2D eigenvalue weighted by Gasteiger charge is -2.25. The standard InChI is InChI=1S/C23H42P.H2O/c1-4-7-8-9-10-11-12-13-14-18-21-24(5-2,6-3)22-23-19-16-15-17-20-23;/h15-17,19-20H,4-14,18,21-22H2,1-3H3;1H2/q+1;/p-1. The average molecular weight is 367 g/mol. The summed E-state index contributed by atoms with van der Waals surface area (Å²) in [4.78, 5) is 0. The molecule has 0 atom stereocenters. The van der Waals surface area contributed by atoms with Gasteiger partial charge in [0.1, 0.15) is 0 Å². The molecule has 1 N–H and O–H groups in total. The van der Waals surface area contributed by atoms with Gasteiger partial charge in [-0.2, -0.15) is 0 Å². The zero-order valence-corrected chi connectivity index (χ0v) is 18.1. The Morgan fingerprint density at radius 2 is 1.12 bits per heavy atom. The van der Waals surface area contributed by atoms with Gasteiger partial charge in [-0.25, -0.2) is 0 Å². The van der Waals surface area contributed by atoms with Gasteiger partial charge in [-0.15, -0.1) is 0 Å². The van der Waals surface area contributed by atoms with Gasteiger partial charge in [-0.05, 0) is 32.3 Å². The van der Waals surface area contributed by atoms with Crippen LogP contribution in [0.25, 0.3) is 0 Å². The highest BCUT2D eigenvalue weighted by Crippen LogP contribution is 2.61. The number of hydrogen-bond donors (Lipinski definition) is 0. The first-order valence-corrected chi connectivity index (χ1v) is 13.2. The molecule has 0 radical (unpaired) electrons. The molecule has 2 heteroatoms. The van der Waals surface area contributed by atoms with Crippen molar-refractivity contribution in [2.45, 2.75) is 91.1 Å². The van der Waals surface area contributed by atoms with E-state index in [2.05, 4.69) is 51.1 Å². The summed E-state index contributed by atoms with van der Waals surface area (Å²) in [6.07, 6.45) is 20.3. The predicted octanol–water partition coefficient (Wildman–Crippen LogP) is 7.99. The Morgan fingerprint density at radius 3 is 1.60 bits per heavy atom. The molecule has 0 heterocycles. The number of benzene rings is 1. The number of unbranched alkanes of at least 4 members (excludes halogenated alkanes) is 9. The molecule has 0 unspecified atom stereocenters. The normalized spacial score (nSPS) is 11.3. The highest BCUT2D eigenvalue weighted by Gasteiger charge is 2.32. The van der Waals surface area contributed by atoms with Crippen LogP contribution >= 0.6 is 7.26 Å². The van der Waals surface area contributed by atoms with Crippen molar-refractivity contribution in [3.05, 3.63) is 35.9 Å². The molecule has 1 aromatic rings. The van der Waals surface area contributed by atoms with Gasteiger partial charge in [0.05, 0.1) is 24.6 Å². The first kappa shape index (κ1) is 24.6. The fraction of sp³-hybridized carbons (Fsp3) is 0.739. The van der Waals surface area contributed by atoms with Crippen LogP contribution in [0.1, 0.15) is 90.5 Å². The van der Waals surface area contributed by atoms with E-state index in [1.165, 1.54) is 88.9 Å². The van der Waals surface area contributed by atoms with E-state index >= 15 is 0 Å². The number of rotatable bonds is 15. The molecule has 1 rings (SSSR count). The lowest BCUT2D eigenvalue weighted by atomic mass is 10.1. The van der Waals surface area contributed by atoms with Crippen molar-refractivity contribution >= 4 is 7.26 Å². The fourth-order valence-corrected chi connectivity index (χ4v) is 7.31. The van der Waals surface area contributed by atoms with Gasteiger partial charge >= 0.3 is 0 Å². The zero-order valence-electron chi connectivity index (χ0n) is 17.2. The minimum Gasteiger partial charge on any atom is -0.870 e. The van der Waals surface area contributed by atoms with E-state index < -0.39 is 7.26 Å². The molecule has 0 amide bonds. The average Bonchev–Trinajstić information content (AvgIpc) is 2.63. The summed E-state index contributed by atoms with van der Waals surface area (Å²) in [5, 5.41) is 0. The monoisotopic (exact) mass is 366 g/mol. The van der Waals surface area contributed by atoms with Crippen molar-refractivity contribution in [2.24, 2.45) is 0 Å². The van der Waals surface area contributed by atoms with Gasteiger partial charge in [-0.1, -0.05) is 88.6 Å². The van der Waals surface area contributed by atoms with Crippen LogP contribution in [0.2, 0.25) is 0 Å². The Balaban J connectivity index is 0.00000576. The summed E-state index contributed by atoms with van der Waals surface area (Å²) in [6.45, 7) is 7.18. The van der Waals surface area contributed by atoms with Crippen molar-refractivity contribution in [2.75, 3.05) is 18.5 Å². The molecule has 0 saturated carbocycles. The molecule has 25 heavy (non-hydrogen) atoms. The van der Waals surface area contributed by atoms with Crippen LogP contribution in [-0.2, 0) is 6.16 Å². The van der Waals surface area contributed by atoms with Gasteiger partial charge in [0.15, 0.2) is 0 Å².